The van der Waals surface area contributed by atoms with Gasteiger partial charge in [-0.05, 0) is 61.4 Å². The van der Waals surface area contributed by atoms with Crippen molar-refractivity contribution >= 4 is 6.16 Å². The van der Waals surface area contributed by atoms with E-state index in [1.165, 1.54) is 43.4 Å². The number of rotatable bonds is 8. The molecule has 0 saturated heterocycles. The van der Waals surface area contributed by atoms with Gasteiger partial charge >= 0.3 is 6.16 Å². The van der Waals surface area contributed by atoms with Crippen molar-refractivity contribution in [2.24, 2.45) is 5.92 Å². The van der Waals surface area contributed by atoms with Crippen molar-refractivity contribution in [1.29, 1.82) is 0 Å². The SMILES string of the molecule is CCCCCC1CCc2nc(-c3ccc(OC(=O)OCCC)cc3)ncc2C1. The number of unbranched alkanes of at least 4 members (excludes halogenated alkanes) is 2. The summed E-state index contributed by atoms with van der Waals surface area (Å²) in [4.78, 5) is 20.9. The number of fused-ring (bicyclic) bond motifs is 1. The van der Waals surface area contributed by atoms with Gasteiger partial charge in [-0.2, -0.15) is 0 Å². The lowest BCUT2D eigenvalue weighted by Gasteiger charge is -2.23. The first-order valence-corrected chi connectivity index (χ1v) is 10.5. The van der Waals surface area contributed by atoms with Crippen molar-refractivity contribution in [3.05, 3.63) is 41.7 Å². The van der Waals surface area contributed by atoms with E-state index in [1.54, 1.807) is 12.1 Å². The second-order valence-electron chi connectivity index (χ2n) is 7.50. The standard InChI is InChI=1S/C23H30N2O3/c1-3-5-6-7-17-8-13-21-19(15-17)16-24-22(25-21)18-9-11-20(12-10-18)28-23(26)27-14-4-2/h9-12,16-17H,3-8,13-15H2,1-2H3. The number of ether oxygens (including phenoxy) is 2. The quantitative estimate of drug-likeness (QED) is 0.330. The second kappa shape index (κ2) is 10.2. The summed E-state index contributed by atoms with van der Waals surface area (Å²) in [5.41, 5.74) is 3.40. The van der Waals surface area contributed by atoms with Gasteiger partial charge in [-0.3, -0.25) is 0 Å². The molecule has 0 aliphatic heterocycles. The van der Waals surface area contributed by atoms with Crippen molar-refractivity contribution in [2.75, 3.05) is 6.61 Å². The van der Waals surface area contributed by atoms with E-state index in [0.29, 0.717) is 12.4 Å². The zero-order chi connectivity index (χ0) is 19.8. The van der Waals surface area contributed by atoms with Crippen molar-refractivity contribution in [2.45, 2.75) is 65.2 Å². The van der Waals surface area contributed by atoms with Gasteiger partial charge < -0.3 is 9.47 Å². The van der Waals surface area contributed by atoms with Gasteiger partial charge in [0.2, 0.25) is 0 Å². The van der Waals surface area contributed by atoms with E-state index >= 15 is 0 Å². The lowest BCUT2D eigenvalue weighted by atomic mass is 9.84. The van der Waals surface area contributed by atoms with Gasteiger partial charge in [0.25, 0.3) is 0 Å². The summed E-state index contributed by atoms with van der Waals surface area (Å²) in [7, 11) is 0. The maximum Gasteiger partial charge on any atom is 0.513 e. The highest BCUT2D eigenvalue weighted by Crippen LogP contribution is 2.29. The maximum atomic E-state index is 11.5. The van der Waals surface area contributed by atoms with Gasteiger partial charge in [0.15, 0.2) is 5.82 Å². The zero-order valence-corrected chi connectivity index (χ0v) is 16.9. The molecule has 0 radical (unpaired) electrons. The second-order valence-corrected chi connectivity index (χ2v) is 7.50. The molecule has 0 saturated carbocycles. The number of hydrogen-bond acceptors (Lipinski definition) is 5. The molecule has 2 aromatic rings. The Balaban J connectivity index is 1.61. The molecule has 5 nitrogen and oxygen atoms in total. The number of carbonyl (C=O) groups excluding carboxylic acids is 1. The van der Waals surface area contributed by atoms with Crippen LogP contribution in [0, 0.1) is 5.92 Å². The van der Waals surface area contributed by atoms with Crippen molar-refractivity contribution in [3.63, 3.8) is 0 Å². The molecular weight excluding hydrogens is 352 g/mol. The molecule has 1 aliphatic carbocycles. The number of aromatic nitrogens is 2. The van der Waals surface area contributed by atoms with E-state index in [-0.39, 0.29) is 0 Å². The molecule has 150 valence electrons. The fourth-order valence-electron chi connectivity index (χ4n) is 3.63. The van der Waals surface area contributed by atoms with Crippen LogP contribution in [0.2, 0.25) is 0 Å². The Hall–Kier alpha value is -2.43. The van der Waals surface area contributed by atoms with Crippen molar-refractivity contribution in [3.8, 4) is 17.1 Å². The highest BCUT2D eigenvalue weighted by molar-refractivity contribution is 5.65. The Morgan fingerprint density at radius 2 is 1.96 bits per heavy atom. The van der Waals surface area contributed by atoms with Crippen LogP contribution in [-0.4, -0.2) is 22.7 Å². The third kappa shape index (κ3) is 5.54. The Kier molecular flexibility index (Phi) is 7.40. The lowest BCUT2D eigenvalue weighted by molar-refractivity contribution is 0.0992. The van der Waals surface area contributed by atoms with Gasteiger partial charge in [-0.1, -0.05) is 39.5 Å². The summed E-state index contributed by atoms with van der Waals surface area (Å²) in [6.07, 6.45) is 10.7. The summed E-state index contributed by atoms with van der Waals surface area (Å²) in [5.74, 6) is 1.96. The van der Waals surface area contributed by atoms with Gasteiger partial charge in [-0.15, -0.1) is 0 Å². The predicted molar refractivity (Wildman–Crippen MR) is 109 cm³/mol. The first kappa shape index (κ1) is 20.3. The third-order valence-electron chi connectivity index (χ3n) is 5.21. The van der Waals surface area contributed by atoms with Gasteiger partial charge in [0, 0.05) is 17.5 Å². The monoisotopic (exact) mass is 382 g/mol. The maximum absolute atomic E-state index is 11.5. The minimum atomic E-state index is -0.673. The Morgan fingerprint density at radius 1 is 1.14 bits per heavy atom. The largest absolute Gasteiger partial charge is 0.513 e. The zero-order valence-electron chi connectivity index (χ0n) is 16.9. The van der Waals surface area contributed by atoms with E-state index < -0.39 is 6.16 Å². The number of benzene rings is 1. The van der Waals surface area contributed by atoms with E-state index in [2.05, 4.69) is 11.9 Å². The first-order chi connectivity index (χ1) is 13.7. The fraction of sp³-hybridized carbons (Fsp3) is 0.522. The molecule has 1 atom stereocenters. The van der Waals surface area contributed by atoms with E-state index in [4.69, 9.17) is 14.5 Å². The van der Waals surface area contributed by atoms with Crippen molar-refractivity contribution < 1.29 is 14.3 Å². The van der Waals surface area contributed by atoms with E-state index in [0.717, 1.165) is 36.6 Å². The minimum absolute atomic E-state index is 0.360. The fourth-order valence-corrected chi connectivity index (χ4v) is 3.63. The topological polar surface area (TPSA) is 61.3 Å². The molecular formula is C23H30N2O3. The molecule has 5 heteroatoms. The molecule has 0 fully saturated rings. The molecule has 1 aliphatic rings. The number of hydrogen-bond donors (Lipinski definition) is 0. The molecule has 0 spiro atoms. The molecule has 1 heterocycles. The third-order valence-corrected chi connectivity index (χ3v) is 5.21. The summed E-state index contributed by atoms with van der Waals surface area (Å²) in [6.45, 7) is 4.55. The van der Waals surface area contributed by atoms with Crippen LogP contribution in [-0.2, 0) is 17.6 Å². The van der Waals surface area contributed by atoms with Crippen LogP contribution in [0.3, 0.4) is 0 Å². The van der Waals surface area contributed by atoms with E-state index in [9.17, 15) is 4.79 Å². The molecule has 0 N–H and O–H groups in total. The highest BCUT2D eigenvalue weighted by Gasteiger charge is 2.20. The summed E-state index contributed by atoms with van der Waals surface area (Å²) in [6, 6.07) is 7.24. The van der Waals surface area contributed by atoms with Gasteiger partial charge in [-0.25, -0.2) is 14.8 Å². The van der Waals surface area contributed by atoms with Crippen LogP contribution in [0.4, 0.5) is 4.79 Å². The van der Waals surface area contributed by atoms with Crippen LogP contribution >= 0.6 is 0 Å². The number of nitrogens with zero attached hydrogens (tertiary/aromatic N) is 2. The van der Waals surface area contributed by atoms with Gasteiger partial charge in [0.05, 0.1) is 6.61 Å². The van der Waals surface area contributed by atoms with Crippen LogP contribution < -0.4 is 4.74 Å². The molecule has 28 heavy (non-hydrogen) atoms. The normalized spacial score (nSPS) is 15.7. The Labute approximate surface area is 167 Å². The molecule has 0 amide bonds. The molecule has 1 aromatic heterocycles. The number of aryl methyl sites for hydroxylation is 1. The van der Waals surface area contributed by atoms with Gasteiger partial charge in [0.1, 0.15) is 5.75 Å². The summed E-state index contributed by atoms with van der Waals surface area (Å²) in [5, 5.41) is 0. The molecule has 1 aromatic carbocycles. The highest BCUT2D eigenvalue weighted by atomic mass is 16.7. The average molecular weight is 383 g/mol. The van der Waals surface area contributed by atoms with Crippen LogP contribution in [0.15, 0.2) is 30.5 Å². The Bertz CT molecular complexity index is 774. The summed E-state index contributed by atoms with van der Waals surface area (Å²) >= 11 is 0. The molecule has 3 rings (SSSR count). The van der Waals surface area contributed by atoms with Crippen LogP contribution in [0.1, 0.15) is 63.6 Å². The Morgan fingerprint density at radius 3 is 2.71 bits per heavy atom. The summed E-state index contributed by atoms with van der Waals surface area (Å²) < 4.78 is 10.1. The average Bonchev–Trinajstić information content (AvgIpc) is 2.72. The van der Waals surface area contributed by atoms with Crippen LogP contribution in [0.25, 0.3) is 11.4 Å². The van der Waals surface area contributed by atoms with Crippen molar-refractivity contribution in [1.82, 2.24) is 9.97 Å². The molecule has 1 unspecified atom stereocenters. The number of carbonyl (C=O) groups is 1. The minimum Gasteiger partial charge on any atom is -0.434 e. The molecule has 0 bridgehead atoms. The lowest BCUT2D eigenvalue weighted by Crippen LogP contribution is -2.16. The van der Waals surface area contributed by atoms with E-state index in [1.807, 2.05) is 25.3 Å². The predicted octanol–water partition coefficient (Wildman–Crippen LogP) is 5.75. The smallest absolute Gasteiger partial charge is 0.434 e. The first-order valence-electron chi connectivity index (χ1n) is 10.5. The van der Waals surface area contributed by atoms with Crippen LogP contribution in [0.5, 0.6) is 5.75 Å².